The predicted octanol–water partition coefficient (Wildman–Crippen LogP) is 0.101. The molecule has 0 aromatic carbocycles. The molecule has 0 aromatic heterocycles. The van der Waals surface area contributed by atoms with Gasteiger partial charge < -0.3 is 0 Å². The van der Waals surface area contributed by atoms with Crippen LogP contribution >= 0.6 is 0 Å². The molecular formula is C9H18N2O2S. The lowest BCUT2D eigenvalue weighted by Gasteiger charge is -2.19. The first-order valence-electron chi connectivity index (χ1n) is 5.00. The molecule has 1 saturated carbocycles. The van der Waals surface area contributed by atoms with E-state index >= 15 is 0 Å². The van der Waals surface area contributed by atoms with Gasteiger partial charge in [0.05, 0.1) is 5.75 Å². The van der Waals surface area contributed by atoms with E-state index in [0.717, 1.165) is 6.54 Å². The summed E-state index contributed by atoms with van der Waals surface area (Å²) < 4.78 is 24.8. The van der Waals surface area contributed by atoms with E-state index in [1.54, 1.807) is 0 Å². The van der Waals surface area contributed by atoms with E-state index in [1.165, 1.54) is 12.8 Å². The first-order valence-corrected chi connectivity index (χ1v) is 6.65. The van der Waals surface area contributed by atoms with Crippen molar-refractivity contribution in [3.8, 4) is 0 Å². The fourth-order valence-corrected chi connectivity index (χ4v) is 2.35. The molecule has 0 aliphatic heterocycles. The van der Waals surface area contributed by atoms with Crippen molar-refractivity contribution in [2.45, 2.75) is 25.8 Å². The molecule has 0 unspecified atom stereocenters. The maximum atomic E-state index is 11.3. The summed E-state index contributed by atoms with van der Waals surface area (Å²) in [5.41, 5.74) is 0. The summed E-state index contributed by atoms with van der Waals surface area (Å²) in [6.45, 7) is 8.69. The Hall–Kier alpha value is -0.130. The molecule has 0 bridgehead atoms. The van der Waals surface area contributed by atoms with Crippen molar-refractivity contribution in [1.29, 1.82) is 0 Å². The first-order chi connectivity index (χ1) is 6.59. The summed E-state index contributed by atoms with van der Waals surface area (Å²) in [7, 11) is -3.16. The number of nitrogens with zero attached hydrogens (tertiary/aromatic N) is 1. The molecule has 5 heteroatoms. The van der Waals surface area contributed by atoms with Gasteiger partial charge in [-0.25, -0.2) is 13.1 Å². The summed E-state index contributed by atoms with van der Waals surface area (Å²) in [4.78, 5) is 2.20. The largest absolute Gasteiger partial charge is 0.300 e. The summed E-state index contributed by atoms with van der Waals surface area (Å²) >= 11 is 0. The Labute approximate surface area is 86.7 Å². The third-order valence-electron chi connectivity index (χ3n) is 2.42. The molecule has 4 nitrogen and oxygen atoms in total. The molecule has 82 valence electrons. The lowest BCUT2D eigenvalue weighted by atomic mass is 10.5. The molecule has 0 amide bonds. The minimum absolute atomic E-state index is 0.0160. The molecule has 1 aliphatic rings. The second-order valence-corrected chi connectivity index (χ2v) is 5.45. The Morgan fingerprint density at radius 1 is 1.50 bits per heavy atom. The molecular weight excluding hydrogens is 200 g/mol. The van der Waals surface area contributed by atoms with Crippen LogP contribution in [-0.2, 0) is 10.0 Å². The number of nitrogens with one attached hydrogen (secondary N) is 1. The van der Waals surface area contributed by atoms with Gasteiger partial charge in [0.2, 0.25) is 10.0 Å². The van der Waals surface area contributed by atoms with Crippen LogP contribution in [0.5, 0.6) is 0 Å². The fourth-order valence-electron chi connectivity index (χ4n) is 1.48. The average molecular weight is 218 g/mol. The molecule has 0 saturated heterocycles. The van der Waals surface area contributed by atoms with Gasteiger partial charge in [-0.15, -0.1) is 0 Å². The highest BCUT2D eigenvalue weighted by atomic mass is 32.2. The molecule has 1 rings (SSSR count). The molecule has 0 spiro atoms. The molecule has 1 aliphatic carbocycles. The van der Waals surface area contributed by atoms with E-state index < -0.39 is 10.0 Å². The third-order valence-corrected chi connectivity index (χ3v) is 3.75. The van der Waals surface area contributed by atoms with E-state index in [0.29, 0.717) is 12.6 Å². The highest BCUT2D eigenvalue weighted by molar-refractivity contribution is 7.89. The molecule has 0 aromatic rings. The van der Waals surface area contributed by atoms with Crippen LogP contribution in [0.3, 0.4) is 0 Å². The predicted molar refractivity (Wildman–Crippen MR) is 56.4 cm³/mol. The van der Waals surface area contributed by atoms with Crippen molar-refractivity contribution in [3.63, 3.8) is 0 Å². The fraction of sp³-hybridized carbons (Fsp3) is 0.889. The minimum Gasteiger partial charge on any atom is -0.300 e. The average Bonchev–Trinajstić information content (AvgIpc) is 2.89. The maximum absolute atomic E-state index is 11.3. The van der Waals surface area contributed by atoms with Crippen molar-refractivity contribution in [3.05, 3.63) is 6.92 Å². The van der Waals surface area contributed by atoms with Crippen molar-refractivity contribution in [2.24, 2.45) is 0 Å². The zero-order valence-electron chi connectivity index (χ0n) is 8.57. The lowest BCUT2D eigenvalue weighted by molar-refractivity contribution is 0.294. The molecule has 0 heterocycles. The Balaban J connectivity index is 2.30. The number of hydrogen-bond donors (Lipinski definition) is 1. The smallest absolute Gasteiger partial charge is 0.212 e. The van der Waals surface area contributed by atoms with Crippen LogP contribution < -0.4 is 4.72 Å². The van der Waals surface area contributed by atoms with Gasteiger partial charge in [0.1, 0.15) is 0 Å². The van der Waals surface area contributed by atoms with E-state index in [-0.39, 0.29) is 12.3 Å². The normalized spacial score (nSPS) is 17.6. The van der Waals surface area contributed by atoms with Crippen molar-refractivity contribution in [1.82, 2.24) is 9.62 Å². The van der Waals surface area contributed by atoms with Crippen LogP contribution in [0, 0.1) is 6.92 Å². The molecule has 2 radical (unpaired) electrons. The Bertz CT molecular complexity index is 260. The van der Waals surface area contributed by atoms with Gasteiger partial charge in [-0.05, 0) is 26.3 Å². The zero-order chi connectivity index (χ0) is 10.6. The Kier molecular flexibility index (Phi) is 4.34. The second-order valence-electron chi connectivity index (χ2n) is 3.53. The van der Waals surface area contributed by atoms with Crippen molar-refractivity contribution in [2.75, 3.05) is 25.4 Å². The van der Waals surface area contributed by atoms with Crippen LogP contribution in [0.2, 0.25) is 0 Å². The van der Waals surface area contributed by atoms with Gasteiger partial charge >= 0.3 is 0 Å². The highest BCUT2D eigenvalue weighted by Crippen LogP contribution is 2.26. The standard InChI is InChI=1S/C9H18N2O2S/c1-3-10-14(12,13)8-7-11(4-2)9-5-6-9/h1,9-10H,3-8H2,2H3. The van der Waals surface area contributed by atoms with E-state index in [4.69, 9.17) is 6.92 Å². The van der Waals surface area contributed by atoms with Crippen LogP contribution in [-0.4, -0.2) is 44.7 Å². The summed E-state index contributed by atoms with van der Waals surface area (Å²) in [6, 6.07) is 0.619. The van der Waals surface area contributed by atoms with Gasteiger partial charge in [0, 0.05) is 19.1 Å². The van der Waals surface area contributed by atoms with Gasteiger partial charge in [-0.3, -0.25) is 4.90 Å². The monoisotopic (exact) mass is 218 g/mol. The maximum Gasteiger partial charge on any atom is 0.212 e. The number of hydrogen-bond acceptors (Lipinski definition) is 3. The van der Waals surface area contributed by atoms with Crippen molar-refractivity contribution < 1.29 is 8.42 Å². The van der Waals surface area contributed by atoms with Crippen LogP contribution in [0.4, 0.5) is 0 Å². The van der Waals surface area contributed by atoms with Crippen LogP contribution in [0.1, 0.15) is 19.8 Å². The number of sulfonamides is 1. The van der Waals surface area contributed by atoms with E-state index in [1.807, 2.05) is 0 Å². The minimum atomic E-state index is -3.16. The topological polar surface area (TPSA) is 49.4 Å². The summed E-state index contributed by atoms with van der Waals surface area (Å²) in [5.74, 6) is 0.147. The van der Waals surface area contributed by atoms with Crippen LogP contribution in [0.15, 0.2) is 0 Å². The van der Waals surface area contributed by atoms with Gasteiger partial charge in [0.25, 0.3) is 0 Å². The summed E-state index contributed by atoms with van der Waals surface area (Å²) in [5, 5.41) is 0. The molecule has 1 N–H and O–H groups in total. The molecule has 14 heavy (non-hydrogen) atoms. The van der Waals surface area contributed by atoms with Gasteiger partial charge in [-0.2, -0.15) is 0 Å². The molecule has 1 fully saturated rings. The summed E-state index contributed by atoms with van der Waals surface area (Å²) in [6.07, 6.45) is 2.41. The molecule has 0 atom stereocenters. The Morgan fingerprint density at radius 3 is 2.57 bits per heavy atom. The van der Waals surface area contributed by atoms with Gasteiger partial charge in [-0.1, -0.05) is 6.92 Å². The van der Waals surface area contributed by atoms with E-state index in [9.17, 15) is 8.42 Å². The van der Waals surface area contributed by atoms with E-state index in [2.05, 4.69) is 16.5 Å². The Morgan fingerprint density at radius 2 is 2.14 bits per heavy atom. The van der Waals surface area contributed by atoms with Crippen molar-refractivity contribution >= 4 is 10.0 Å². The first kappa shape index (κ1) is 11.9. The second kappa shape index (κ2) is 5.09. The zero-order valence-corrected chi connectivity index (χ0v) is 9.39. The van der Waals surface area contributed by atoms with Crippen LogP contribution in [0.25, 0.3) is 0 Å². The van der Waals surface area contributed by atoms with Gasteiger partial charge in [0.15, 0.2) is 0 Å². The highest BCUT2D eigenvalue weighted by Gasteiger charge is 2.28. The SMILES string of the molecule is [CH]CNS(=O)(=O)CCN(CC)C1CC1. The quantitative estimate of drug-likeness (QED) is 0.659. The lowest BCUT2D eigenvalue weighted by Crippen LogP contribution is -2.35. The number of rotatable bonds is 7. The third kappa shape index (κ3) is 3.94.